The molecule has 2 aromatic rings. The van der Waals surface area contributed by atoms with Gasteiger partial charge in [0.15, 0.2) is 0 Å². The number of aromatic amines is 1. The van der Waals surface area contributed by atoms with E-state index in [1.54, 1.807) is 12.1 Å². The first-order valence-corrected chi connectivity index (χ1v) is 5.01. The average molecular weight is 289 g/mol. The second-order valence-corrected chi connectivity index (χ2v) is 4.09. The van der Waals surface area contributed by atoms with Gasteiger partial charge < -0.3 is 4.98 Å². The molecular weight excluding hydrogens is 285 g/mol. The zero-order valence-corrected chi connectivity index (χ0v) is 9.28. The predicted molar refractivity (Wildman–Crippen MR) is 55.7 cm³/mol. The molecule has 0 saturated carbocycles. The highest BCUT2D eigenvalue weighted by Crippen LogP contribution is 2.35. The van der Waals surface area contributed by atoms with Crippen LogP contribution in [0.3, 0.4) is 0 Å². The van der Waals surface area contributed by atoms with Gasteiger partial charge in [-0.3, -0.25) is 0 Å². The van der Waals surface area contributed by atoms with Gasteiger partial charge in [-0.1, -0.05) is 22.0 Å². The number of nitrogens with one attached hydrogen (secondary N) is 1. The smallest absolute Gasteiger partial charge is 0.350 e. The van der Waals surface area contributed by atoms with Crippen molar-refractivity contribution in [3.8, 4) is 6.07 Å². The first-order chi connectivity index (χ1) is 7.43. The molecule has 0 unspecified atom stereocenters. The van der Waals surface area contributed by atoms with Gasteiger partial charge in [0.05, 0.1) is 5.56 Å². The summed E-state index contributed by atoms with van der Waals surface area (Å²) in [5.74, 6) is 0. The standard InChI is InChI=1S/C10H4BrF3N2/c11-5-1-2-6-7(4-15)9(10(12,13)14)16-8(6)3-5/h1-3,16H. The number of rotatable bonds is 0. The van der Waals surface area contributed by atoms with Crippen molar-refractivity contribution in [2.75, 3.05) is 0 Å². The Morgan fingerprint density at radius 1 is 1.31 bits per heavy atom. The van der Waals surface area contributed by atoms with Crippen LogP contribution < -0.4 is 0 Å². The Morgan fingerprint density at radius 2 is 2.00 bits per heavy atom. The lowest BCUT2D eigenvalue weighted by atomic mass is 10.1. The van der Waals surface area contributed by atoms with Crippen LogP contribution in [0.5, 0.6) is 0 Å². The Morgan fingerprint density at radius 3 is 2.56 bits per heavy atom. The van der Waals surface area contributed by atoms with E-state index in [1.807, 2.05) is 0 Å². The molecule has 82 valence electrons. The summed E-state index contributed by atoms with van der Waals surface area (Å²) in [7, 11) is 0. The summed E-state index contributed by atoms with van der Waals surface area (Å²) in [6, 6.07) is 6.15. The van der Waals surface area contributed by atoms with Crippen molar-refractivity contribution in [3.63, 3.8) is 0 Å². The van der Waals surface area contributed by atoms with Crippen LogP contribution in [0.25, 0.3) is 10.9 Å². The summed E-state index contributed by atoms with van der Waals surface area (Å²) in [4.78, 5) is 2.22. The van der Waals surface area contributed by atoms with Crippen LogP contribution in [-0.4, -0.2) is 4.98 Å². The van der Waals surface area contributed by atoms with Crippen molar-refractivity contribution in [1.29, 1.82) is 5.26 Å². The number of nitriles is 1. The van der Waals surface area contributed by atoms with Crippen molar-refractivity contribution in [3.05, 3.63) is 33.9 Å². The maximum Gasteiger partial charge on any atom is 0.432 e. The molecule has 1 aromatic carbocycles. The second-order valence-electron chi connectivity index (χ2n) is 3.17. The Labute approximate surface area is 96.8 Å². The van der Waals surface area contributed by atoms with E-state index in [0.29, 0.717) is 9.99 Å². The first kappa shape index (κ1) is 11.0. The topological polar surface area (TPSA) is 39.6 Å². The lowest BCUT2D eigenvalue weighted by Gasteiger charge is -2.02. The van der Waals surface area contributed by atoms with E-state index in [4.69, 9.17) is 5.26 Å². The summed E-state index contributed by atoms with van der Waals surface area (Å²) >= 11 is 3.15. The van der Waals surface area contributed by atoms with E-state index in [1.165, 1.54) is 12.1 Å². The quantitative estimate of drug-likeness (QED) is 0.786. The van der Waals surface area contributed by atoms with Gasteiger partial charge in [0, 0.05) is 15.4 Å². The summed E-state index contributed by atoms with van der Waals surface area (Å²) < 4.78 is 38.4. The molecule has 0 atom stereocenters. The Kier molecular flexibility index (Phi) is 2.43. The minimum Gasteiger partial charge on any atom is -0.350 e. The highest BCUT2D eigenvalue weighted by Gasteiger charge is 2.36. The normalized spacial score (nSPS) is 11.7. The monoisotopic (exact) mass is 288 g/mol. The number of halogens is 4. The fraction of sp³-hybridized carbons (Fsp3) is 0.100. The van der Waals surface area contributed by atoms with E-state index in [9.17, 15) is 13.2 Å². The van der Waals surface area contributed by atoms with E-state index in [0.717, 1.165) is 0 Å². The van der Waals surface area contributed by atoms with Gasteiger partial charge in [-0.05, 0) is 12.1 Å². The number of hydrogen-bond acceptors (Lipinski definition) is 1. The summed E-state index contributed by atoms with van der Waals surface area (Å²) in [6.45, 7) is 0. The number of alkyl halides is 3. The largest absolute Gasteiger partial charge is 0.432 e. The van der Waals surface area contributed by atoms with Crippen molar-refractivity contribution >= 4 is 26.8 Å². The van der Waals surface area contributed by atoms with Gasteiger partial charge >= 0.3 is 6.18 Å². The minimum atomic E-state index is -4.55. The molecule has 0 spiro atoms. The van der Waals surface area contributed by atoms with Crippen LogP contribution in [-0.2, 0) is 6.18 Å². The third-order valence-corrected chi connectivity index (χ3v) is 2.65. The summed E-state index contributed by atoms with van der Waals surface area (Å²) in [6.07, 6.45) is -4.55. The van der Waals surface area contributed by atoms with Crippen molar-refractivity contribution in [2.24, 2.45) is 0 Å². The van der Waals surface area contributed by atoms with Gasteiger partial charge in [-0.25, -0.2) is 0 Å². The van der Waals surface area contributed by atoms with Crippen molar-refractivity contribution in [1.82, 2.24) is 4.98 Å². The molecule has 1 aromatic heterocycles. The number of aromatic nitrogens is 1. The Balaban J connectivity index is 2.83. The van der Waals surface area contributed by atoms with Crippen LogP contribution in [0, 0.1) is 11.3 Å². The lowest BCUT2D eigenvalue weighted by Crippen LogP contribution is -2.07. The Hall–Kier alpha value is -1.48. The van der Waals surface area contributed by atoms with Gasteiger partial charge in [-0.15, -0.1) is 0 Å². The Bertz CT molecular complexity index is 592. The molecular formula is C10H4BrF3N2. The van der Waals surface area contributed by atoms with E-state index in [-0.39, 0.29) is 10.9 Å². The van der Waals surface area contributed by atoms with Crippen LogP contribution >= 0.6 is 15.9 Å². The zero-order valence-electron chi connectivity index (χ0n) is 7.69. The number of hydrogen-bond donors (Lipinski definition) is 1. The molecule has 0 aliphatic heterocycles. The zero-order chi connectivity index (χ0) is 11.9. The maximum absolute atomic E-state index is 12.6. The summed E-state index contributed by atoms with van der Waals surface area (Å²) in [5, 5.41) is 9.03. The fourth-order valence-electron chi connectivity index (χ4n) is 1.50. The van der Waals surface area contributed by atoms with E-state index >= 15 is 0 Å². The minimum absolute atomic E-state index is 0.276. The molecule has 0 radical (unpaired) electrons. The van der Waals surface area contributed by atoms with Crippen LogP contribution in [0.15, 0.2) is 22.7 Å². The van der Waals surface area contributed by atoms with Gasteiger partial charge in [-0.2, -0.15) is 18.4 Å². The van der Waals surface area contributed by atoms with Crippen molar-refractivity contribution in [2.45, 2.75) is 6.18 Å². The number of H-pyrrole nitrogens is 1. The van der Waals surface area contributed by atoms with Gasteiger partial charge in [0.1, 0.15) is 11.8 Å². The van der Waals surface area contributed by atoms with Crippen molar-refractivity contribution < 1.29 is 13.2 Å². The molecule has 0 saturated heterocycles. The van der Waals surface area contributed by atoms with Gasteiger partial charge in [0.2, 0.25) is 0 Å². The molecule has 0 fully saturated rings. The molecule has 1 heterocycles. The third kappa shape index (κ3) is 1.67. The van der Waals surface area contributed by atoms with Crippen LogP contribution in [0.1, 0.15) is 11.3 Å². The molecule has 2 nitrogen and oxygen atoms in total. The average Bonchev–Trinajstić information content (AvgIpc) is 2.54. The number of benzene rings is 1. The molecule has 6 heteroatoms. The second kappa shape index (κ2) is 3.52. The third-order valence-electron chi connectivity index (χ3n) is 2.16. The highest BCUT2D eigenvalue weighted by atomic mass is 79.9. The molecule has 0 amide bonds. The number of fused-ring (bicyclic) bond motifs is 1. The predicted octanol–water partition coefficient (Wildman–Crippen LogP) is 3.82. The fourth-order valence-corrected chi connectivity index (χ4v) is 1.86. The van der Waals surface area contributed by atoms with Gasteiger partial charge in [0.25, 0.3) is 0 Å². The van der Waals surface area contributed by atoms with E-state index < -0.39 is 11.9 Å². The highest BCUT2D eigenvalue weighted by molar-refractivity contribution is 9.10. The molecule has 0 aliphatic rings. The molecule has 0 aliphatic carbocycles. The molecule has 16 heavy (non-hydrogen) atoms. The molecule has 0 bridgehead atoms. The first-order valence-electron chi connectivity index (χ1n) is 4.22. The molecule has 1 N–H and O–H groups in total. The summed E-state index contributed by atoms with van der Waals surface area (Å²) in [5.41, 5.74) is -1.07. The van der Waals surface area contributed by atoms with Crippen LogP contribution in [0.2, 0.25) is 0 Å². The SMILES string of the molecule is N#Cc1c(C(F)(F)F)[nH]c2cc(Br)ccc12. The lowest BCUT2D eigenvalue weighted by molar-refractivity contribution is -0.140. The number of nitrogens with zero attached hydrogens (tertiary/aromatic N) is 1. The maximum atomic E-state index is 12.6. The van der Waals surface area contributed by atoms with Crippen LogP contribution in [0.4, 0.5) is 13.2 Å². The molecule has 2 rings (SSSR count). The van der Waals surface area contributed by atoms with E-state index in [2.05, 4.69) is 20.9 Å².